The van der Waals surface area contributed by atoms with Crippen molar-refractivity contribution in [2.75, 3.05) is 26.2 Å². The van der Waals surface area contributed by atoms with Crippen LogP contribution in [0.15, 0.2) is 23.1 Å². The number of likely N-dealkylation sites (tertiary alicyclic amines) is 1. The van der Waals surface area contributed by atoms with Crippen LogP contribution in [0.2, 0.25) is 5.02 Å². The van der Waals surface area contributed by atoms with E-state index in [1.165, 1.54) is 29.4 Å². The molecular weight excluding hydrogens is 416 g/mol. The predicted molar refractivity (Wildman–Crippen MR) is 109 cm³/mol. The van der Waals surface area contributed by atoms with Gasteiger partial charge >= 0.3 is 5.97 Å². The molecule has 2 atom stereocenters. The zero-order valence-corrected chi connectivity index (χ0v) is 18.3. The Morgan fingerprint density at radius 3 is 2.52 bits per heavy atom. The first-order chi connectivity index (χ1) is 13.7. The van der Waals surface area contributed by atoms with Gasteiger partial charge in [-0.3, -0.25) is 4.79 Å². The van der Waals surface area contributed by atoms with Gasteiger partial charge < -0.3 is 9.64 Å². The molecular formula is C20H27ClN2O5S. The van der Waals surface area contributed by atoms with Gasteiger partial charge in [-0.05, 0) is 56.7 Å². The minimum atomic E-state index is -3.82. The zero-order chi connectivity index (χ0) is 21.2. The molecule has 0 N–H and O–H groups in total. The van der Waals surface area contributed by atoms with Crippen LogP contribution in [-0.2, 0) is 19.6 Å². The van der Waals surface area contributed by atoms with Crippen LogP contribution in [0.1, 0.15) is 49.9 Å². The largest absolute Gasteiger partial charge is 0.449 e. The molecule has 2 unspecified atom stereocenters. The summed E-state index contributed by atoms with van der Waals surface area (Å²) in [5.41, 5.74) is 0.0547. The van der Waals surface area contributed by atoms with Crippen LogP contribution in [-0.4, -0.2) is 61.8 Å². The van der Waals surface area contributed by atoms with Gasteiger partial charge in [0.05, 0.1) is 10.6 Å². The maximum atomic E-state index is 13.1. The van der Waals surface area contributed by atoms with Crippen LogP contribution in [0.4, 0.5) is 0 Å². The van der Waals surface area contributed by atoms with Gasteiger partial charge in [0.15, 0.2) is 6.10 Å². The maximum Gasteiger partial charge on any atom is 0.338 e. The SMILES string of the molecule is CC1CCCN(S(=O)(=O)c2cc(C(=O)OC(C)C(=O)N3CCCC3)ccc2Cl)C1. The highest BCUT2D eigenvalue weighted by Crippen LogP contribution is 2.29. The predicted octanol–water partition coefficient (Wildman–Crippen LogP) is 2.93. The first-order valence-corrected chi connectivity index (χ1v) is 11.8. The summed E-state index contributed by atoms with van der Waals surface area (Å²) in [6, 6.07) is 4.03. The molecule has 0 aliphatic carbocycles. The number of nitrogens with zero attached hydrogens (tertiary/aromatic N) is 2. The lowest BCUT2D eigenvalue weighted by Gasteiger charge is -2.30. The lowest BCUT2D eigenvalue weighted by molar-refractivity contribution is -0.138. The van der Waals surface area contributed by atoms with E-state index < -0.39 is 22.1 Å². The van der Waals surface area contributed by atoms with Crippen molar-refractivity contribution in [3.8, 4) is 0 Å². The van der Waals surface area contributed by atoms with E-state index in [2.05, 4.69) is 0 Å². The summed E-state index contributed by atoms with van der Waals surface area (Å²) in [6.07, 6.45) is 2.73. The summed E-state index contributed by atoms with van der Waals surface area (Å²) in [7, 11) is -3.82. The Hall–Kier alpha value is -1.64. The van der Waals surface area contributed by atoms with E-state index in [9.17, 15) is 18.0 Å². The number of carbonyl (C=O) groups excluding carboxylic acids is 2. The number of amides is 1. The van der Waals surface area contributed by atoms with Crippen LogP contribution in [0.5, 0.6) is 0 Å². The van der Waals surface area contributed by atoms with E-state index in [1.54, 1.807) is 4.90 Å². The molecule has 2 aliphatic rings. The Labute approximate surface area is 177 Å². The van der Waals surface area contributed by atoms with Crippen molar-refractivity contribution in [3.63, 3.8) is 0 Å². The molecule has 1 amide bonds. The number of sulfonamides is 1. The van der Waals surface area contributed by atoms with Crippen LogP contribution >= 0.6 is 11.6 Å². The van der Waals surface area contributed by atoms with Crippen molar-refractivity contribution >= 4 is 33.5 Å². The Morgan fingerprint density at radius 2 is 1.86 bits per heavy atom. The summed E-state index contributed by atoms with van der Waals surface area (Å²) in [6.45, 7) is 5.72. The smallest absolute Gasteiger partial charge is 0.338 e. The Bertz CT molecular complexity index is 883. The molecule has 0 saturated carbocycles. The third kappa shape index (κ3) is 4.92. The van der Waals surface area contributed by atoms with Crippen molar-refractivity contribution in [2.45, 2.75) is 50.5 Å². The maximum absolute atomic E-state index is 13.1. The second-order valence-corrected chi connectivity index (χ2v) is 10.1. The molecule has 2 fully saturated rings. The van der Waals surface area contributed by atoms with Crippen molar-refractivity contribution in [3.05, 3.63) is 28.8 Å². The minimum absolute atomic E-state index is 0.0547. The number of hydrogen-bond donors (Lipinski definition) is 0. The Morgan fingerprint density at radius 1 is 1.17 bits per heavy atom. The molecule has 29 heavy (non-hydrogen) atoms. The summed E-state index contributed by atoms with van der Waals surface area (Å²) in [4.78, 5) is 26.5. The van der Waals surface area contributed by atoms with Crippen molar-refractivity contribution < 1.29 is 22.7 Å². The minimum Gasteiger partial charge on any atom is -0.449 e. The van der Waals surface area contributed by atoms with E-state index in [4.69, 9.17) is 16.3 Å². The second-order valence-electron chi connectivity index (χ2n) is 7.84. The molecule has 0 spiro atoms. The molecule has 0 radical (unpaired) electrons. The topological polar surface area (TPSA) is 84.0 Å². The van der Waals surface area contributed by atoms with Crippen molar-refractivity contribution in [1.82, 2.24) is 9.21 Å². The van der Waals surface area contributed by atoms with Gasteiger partial charge in [0.25, 0.3) is 5.91 Å². The first-order valence-electron chi connectivity index (χ1n) is 9.99. The average molecular weight is 443 g/mol. The molecule has 0 bridgehead atoms. The first kappa shape index (κ1) is 22.1. The molecule has 160 valence electrons. The third-order valence-electron chi connectivity index (χ3n) is 5.45. The summed E-state index contributed by atoms with van der Waals surface area (Å²) >= 11 is 6.16. The van der Waals surface area contributed by atoms with E-state index >= 15 is 0 Å². The molecule has 7 nitrogen and oxygen atoms in total. The number of hydrogen-bond acceptors (Lipinski definition) is 5. The number of ether oxygens (including phenoxy) is 1. The molecule has 9 heteroatoms. The highest BCUT2D eigenvalue weighted by atomic mass is 35.5. The number of halogens is 1. The summed E-state index contributed by atoms with van der Waals surface area (Å²) < 4.78 is 32.8. The van der Waals surface area contributed by atoms with E-state index in [1.807, 2.05) is 6.92 Å². The fraction of sp³-hybridized carbons (Fsp3) is 0.600. The lowest BCUT2D eigenvalue weighted by Crippen LogP contribution is -2.39. The van der Waals surface area contributed by atoms with E-state index in [0.29, 0.717) is 26.2 Å². The van der Waals surface area contributed by atoms with Crippen molar-refractivity contribution in [2.24, 2.45) is 5.92 Å². The second kappa shape index (κ2) is 9.02. The molecule has 2 heterocycles. The highest BCUT2D eigenvalue weighted by Gasteiger charge is 2.32. The summed E-state index contributed by atoms with van der Waals surface area (Å²) in [5.74, 6) is -0.715. The van der Waals surface area contributed by atoms with Gasteiger partial charge in [0.2, 0.25) is 10.0 Å². The fourth-order valence-electron chi connectivity index (χ4n) is 3.81. The monoisotopic (exact) mass is 442 g/mol. The standard InChI is InChI=1S/C20H27ClN2O5S/c1-14-6-5-11-23(13-14)29(26,27)18-12-16(7-8-17(18)21)20(25)28-15(2)19(24)22-9-3-4-10-22/h7-8,12,14-15H,3-6,9-11,13H2,1-2H3. The van der Waals surface area contributed by atoms with Gasteiger partial charge in [-0.2, -0.15) is 4.31 Å². The van der Waals surface area contributed by atoms with Gasteiger partial charge in [-0.1, -0.05) is 18.5 Å². The van der Waals surface area contributed by atoms with Crippen LogP contribution in [0.3, 0.4) is 0 Å². The van der Waals surface area contributed by atoms with E-state index in [0.717, 1.165) is 25.7 Å². The van der Waals surface area contributed by atoms with E-state index in [-0.39, 0.29) is 27.3 Å². The number of esters is 1. The number of carbonyl (C=O) groups is 2. The van der Waals surface area contributed by atoms with Crippen LogP contribution in [0.25, 0.3) is 0 Å². The molecule has 2 aliphatic heterocycles. The Kier molecular flexibility index (Phi) is 6.86. The van der Waals surface area contributed by atoms with Crippen LogP contribution < -0.4 is 0 Å². The zero-order valence-electron chi connectivity index (χ0n) is 16.8. The van der Waals surface area contributed by atoms with Crippen molar-refractivity contribution in [1.29, 1.82) is 0 Å². The highest BCUT2D eigenvalue weighted by molar-refractivity contribution is 7.89. The van der Waals surface area contributed by atoms with Gasteiger partial charge in [-0.15, -0.1) is 0 Å². The Balaban J connectivity index is 1.77. The number of piperidine rings is 1. The molecule has 0 aromatic heterocycles. The van der Waals surface area contributed by atoms with Gasteiger partial charge in [-0.25, -0.2) is 13.2 Å². The van der Waals surface area contributed by atoms with Crippen LogP contribution in [0, 0.1) is 5.92 Å². The summed E-state index contributed by atoms with van der Waals surface area (Å²) in [5, 5.41) is 0.0565. The molecule has 3 rings (SSSR count). The number of benzene rings is 1. The van der Waals surface area contributed by atoms with Gasteiger partial charge in [0.1, 0.15) is 4.90 Å². The molecule has 1 aromatic carbocycles. The lowest BCUT2D eigenvalue weighted by atomic mass is 10.0. The average Bonchev–Trinajstić information content (AvgIpc) is 3.22. The fourth-order valence-corrected chi connectivity index (χ4v) is 5.90. The number of rotatable bonds is 5. The quantitative estimate of drug-likeness (QED) is 0.654. The normalized spacial score (nSPS) is 21.8. The third-order valence-corrected chi connectivity index (χ3v) is 7.80. The molecule has 1 aromatic rings. The molecule has 2 saturated heterocycles. The van der Waals surface area contributed by atoms with Gasteiger partial charge in [0, 0.05) is 26.2 Å².